The fourth-order valence-corrected chi connectivity index (χ4v) is 10.7. The molecule has 454 valence electrons. The van der Waals surface area contributed by atoms with Gasteiger partial charge in [-0.2, -0.15) is 0 Å². The first-order chi connectivity index (χ1) is 38.0. The topological polar surface area (TPSA) is 78.9 Å². The van der Waals surface area contributed by atoms with Gasteiger partial charge in [0, 0.05) is 19.3 Å². The molecule has 6 nitrogen and oxygen atoms in total. The van der Waals surface area contributed by atoms with Gasteiger partial charge in [0.1, 0.15) is 13.2 Å². The number of hydrogen-bond donors (Lipinski definition) is 0. The second kappa shape index (κ2) is 66.4. The zero-order valence-electron chi connectivity index (χ0n) is 52.3. The molecular weight excluding hydrogens is 949 g/mol. The van der Waals surface area contributed by atoms with E-state index in [1.807, 2.05) is 0 Å². The maximum Gasteiger partial charge on any atom is 0.306 e. The van der Waals surface area contributed by atoms with Crippen LogP contribution in [0, 0.1) is 0 Å². The number of ether oxygens (including phenoxy) is 3. The molecule has 0 saturated carbocycles. The van der Waals surface area contributed by atoms with E-state index in [-0.39, 0.29) is 31.1 Å². The number of unbranched alkanes of at least 4 members (excludes halogenated alkanes) is 50. The van der Waals surface area contributed by atoms with Gasteiger partial charge in [-0.25, -0.2) is 0 Å². The molecule has 0 heterocycles. The van der Waals surface area contributed by atoms with Crippen LogP contribution in [0.4, 0.5) is 0 Å². The number of hydrogen-bond acceptors (Lipinski definition) is 6. The van der Waals surface area contributed by atoms with E-state index in [1.54, 1.807) is 0 Å². The van der Waals surface area contributed by atoms with Crippen molar-refractivity contribution >= 4 is 17.9 Å². The summed E-state index contributed by atoms with van der Waals surface area (Å²) >= 11 is 0. The van der Waals surface area contributed by atoms with Crippen LogP contribution in [0.5, 0.6) is 0 Å². The average Bonchev–Trinajstić information content (AvgIpc) is 3.43. The number of allylic oxidation sites excluding steroid dienone is 4. The molecule has 0 rings (SSSR count). The van der Waals surface area contributed by atoms with E-state index in [9.17, 15) is 14.4 Å². The van der Waals surface area contributed by atoms with Gasteiger partial charge in [0.2, 0.25) is 0 Å². The molecule has 0 amide bonds. The molecule has 0 aliphatic rings. The average molecular weight is 1080 g/mol. The summed E-state index contributed by atoms with van der Waals surface area (Å²) in [5, 5.41) is 0. The summed E-state index contributed by atoms with van der Waals surface area (Å²) in [6.07, 6.45) is 80.8. The van der Waals surface area contributed by atoms with Crippen molar-refractivity contribution in [3.63, 3.8) is 0 Å². The Bertz CT molecular complexity index is 1240. The lowest BCUT2D eigenvalue weighted by atomic mass is 10.0. The van der Waals surface area contributed by atoms with Gasteiger partial charge in [-0.1, -0.05) is 347 Å². The summed E-state index contributed by atoms with van der Waals surface area (Å²) < 4.78 is 16.9. The minimum Gasteiger partial charge on any atom is -0.462 e. The molecule has 0 N–H and O–H groups in total. The van der Waals surface area contributed by atoms with E-state index in [1.165, 1.54) is 289 Å². The Labute approximate surface area is 481 Å². The third kappa shape index (κ3) is 64.6. The van der Waals surface area contributed by atoms with Gasteiger partial charge in [-0.15, -0.1) is 0 Å². The number of rotatable bonds is 65. The van der Waals surface area contributed by atoms with Gasteiger partial charge in [0.25, 0.3) is 0 Å². The SMILES string of the molecule is CCCCCCC/C=C\C/C=C\CCCCCCCCCCCCCCCCCCCC(=O)OCC(COC(=O)CCCCCCCCCCC)OC(=O)CCCCCCCCCCCCCCCCCCCCCCC. The highest BCUT2D eigenvalue weighted by molar-refractivity contribution is 5.71. The van der Waals surface area contributed by atoms with Crippen molar-refractivity contribution in [3.05, 3.63) is 24.3 Å². The van der Waals surface area contributed by atoms with Crippen LogP contribution in [-0.2, 0) is 28.6 Å². The van der Waals surface area contributed by atoms with Gasteiger partial charge in [-0.05, 0) is 51.4 Å². The standard InChI is InChI=1S/C71H134O6/c1-4-7-10-13-16-19-21-23-25-27-29-31-32-33-34-35-36-37-38-40-41-43-45-47-49-52-55-58-61-64-70(73)76-67-68(66-75-69(72)63-60-57-54-51-18-15-12-9-6-3)77-71(74)65-62-59-56-53-50-48-46-44-42-39-30-28-26-24-22-20-17-14-11-8-5-2/h21,23,27,29,68H,4-20,22,24-26,28,30-67H2,1-3H3/b23-21-,29-27-. The van der Waals surface area contributed by atoms with E-state index in [0.29, 0.717) is 19.3 Å². The highest BCUT2D eigenvalue weighted by Crippen LogP contribution is 2.19. The summed E-state index contributed by atoms with van der Waals surface area (Å²) in [4.78, 5) is 38.3. The van der Waals surface area contributed by atoms with Crippen molar-refractivity contribution in [2.45, 2.75) is 399 Å². The Morgan fingerprint density at radius 3 is 0.714 bits per heavy atom. The largest absolute Gasteiger partial charge is 0.462 e. The first kappa shape index (κ1) is 74.9. The minimum absolute atomic E-state index is 0.0640. The number of carbonyl (C=O) groups is 3. The molecule has 1 atom stereocenters. The Hall–Kier alpha value is -2.11. The summed E-state index contributed by atoms with van der Waals surface area (Å²) in [6, 6.07) is 0. The third-order valence-corrected chi connectivity index (χ3v) is 16.0. The van der Waals surface area contributed by atoms with Crippen LogP contribution in [0.1, 0.15) is 393 Å². The number of carbonyl (C=O) groups excluding carboxylic acids is 3. The van der Waals surface area contributed by atoms with E-state index < -0.39 is 6.10 Å². The highest BCUT2D eigenvalue weighted by Gasteiger charge is 2.19. The van der Waals surface area contributed by atoms with E-state index in [2.05, 4.69) is 45.1 Å². The van der Waals surface area contributed by atoms with Crippen LogP contribution in [0.15, 0.2) is 24.3 Å². The normalized spacial score (nSPS) is 12.1. The summed E-state index contributed by atoms with van der Waals surface area (Å²) in [7, 11) is 0. The van der Waals surface area contributed by atoms with E-state index >= 15 is 0 Å². The van der Waals surface area contributed by atoms with Gasteiger partial charge >= 0.3 is 17.9 Å². The zero-order chi connectivity index (χ0) is 55.7. The molecule has 0 aromatic rings. The quantitative estimate of drug-likeness (QED) is 0.0261. The molecule has 0 aromatic heterocycles. The smallest absolute Gasteiger partial charge is 0.306 e. The van der Waals surface area contributed by atoms with Gasteiger partial charge < -0.3 is 14.2 Å². The molecule has 0 spiro atoms. The van der Waals surface area contributed by atoms with Crippen LogP contribution in [0.3, 0.4) is 0 Å². The Kier molecular flexibility index (Phi) is 64.6. The highest BCUT2D eigenvalue weighted by atomic mass is 16.6. The van der Waals surface area contributed by atoms with Gasteiger partial charge in [0.05, 0.1) is 0 Å². The Balaban J connectivity index is 4.08. The molecule has 0 radical (unpaired) electrons. The molecule has 6 heteroatoms. The molecule has 77 heavy (non-hydrogen) atoms. The monoisotopic (exact) mass is 1080 g/mol. The second-order valence-electron chi connectivity index (χ2n) is 23.8. The van der Waals surface area contributed by atoms with Gasteiger partial charge in [0.15, 0.2) is 6.10 Å². The molecule has 0 aliphatic heterocycles. The van der Waals surface area contributed by atoms with Crippen LogP contribution in [-0.4, -0.2) is 37.2 Å². The molecule has 1 unspecified atom stereocenters. The summed E-state index contributed by atoms with van der Waals surface area (Å²) in [5.41, 5.74) is 0. The van der Waals surface area contributed by atoms with Gasteiger partial charge in [-0.3, -0.25) is 14.4 Å². The molecule has 0 fully saturated rings. The first-order valence-electron chi connectivity index (χ1n) is 34.8. The molecule has 0 saturated heterocycles. The minimum atomic E-state index is -0.765. The van der Waals surface area contributed by atoms with Crippen molar-refractivity contribution in [2.24, 2.45) is 0 Å². The van der Waals surface area contributed by atoms with Crippen LogP contribution in [0.2, 0.25) is 0 Å². The maximum absolute atomic E-state index is 12.9. The first-order valence-corrected chi connectivity index (χ1v) is 34.8. The molecular formula is C71H134O6. The van der Waals surface area contributed by atoms with Crippen LogP contribution >= 0.6 is 0 Å². The lowest BCUT2D eigenvalue weighted by Gasteiger charge is -2.18. The molecule has 0 bridgehead atoms. The fourth-order valence-electron chi connectivity index (χ4n) is 10.7. The molecule has 0 aromatic carbocycles. The predicted molar refractivity (Wildman–Crippen MR) is 335 cm³/mol. The van der Waals surface area contributed by atoms with Crippen molar-refractivity contribution in [3.8, 4) is 0 Å². The zero-order valence-corrected chi connectivity index (χ0v) is 52.3. The van der Waals surface area contributed by atoms with Crippen molar-refractivity contribution in [2.75, 3.05) is 13.2 Å². The van der Waals surface area contributed by atoms with E-state index in [4.69, 9.17) is 14.2 Å². The van der Waals surface area contributed by atoms with Crippen LogP contribution in [0.25, 0.3) is 0 Å². The fraction of sp³-hybridized carbons (Fsp3) is 0.901. The van der Waals surface area contributed by atoms with Crippen molar-refractivity contribution in [1.29, 1.82) is 0 Å². The summed E-state index contributed by atoms with van der Waals surface area (Å²) in [5.74, 6) is -0.836. The Morgan fingerprint density at radius 2 is 0.468 bits per heavy atom. The van der Waals surface area contributed by atoms with Crippen LogP contribution < -0.4 is 0 Å². The molecule has 0 aliphatic carbocycles. The lowest BCUT2D eigenvalue weighted by molar-refractivity contribution is -0.167. The third-order valence-electron chi connectivity index (χ3n) is 16.0. The predicted octanol–water partition coefficient (Wildman–Crippen LogP) is 23.8. The maximum atomic E-state index is 12.9. The van der Waals surface area contributed by atoms with Crippen molar-refractivity contribution < 1.29 is 28.6 Å². The lowest BCUT2D eigenvalue weighted by Crippen LogP contribution is -2.30. The van der Waals surface area contributed by atoms with Crippen molar-refractivity contribution in [1.82, 2.24) is 0 Å². The second-order valence-corrected chi connectivity index (χ2v) is 23.8. The Morgan fingerprint density at radius 1 is 0.260 bits per heavy atom. The number of esters is 3. The summed E-state index contributed by atoms with van der Waals surface area (Å²) in [6.45, 7) is 6.69. The van der Waals surface area contributed by atoms with E-state index in [0.717, 1.165) is 64.2 Å².